The molecule has 0 saturated carbocycles. The molecule has 0 unspecified atom stereocenters. The Balaban J connectivity index is 1.83. The number of amides is 2. The van der Waals surface area contributed by atoms with Crippen LogP contribution in [0.3, 0.4) is 0 Å². The molecule has 5 heteroatoms. The van der Waals surface area contributed by atoms with Crippen LogP contribution in [0.2, 0.25) is 0 Å². The number of hydrogen-bond donors (Lipinski definition) is 0. The number of imide groups is 1. The van der Waals surface area contributed by atoms with Gasteiger partial charge < -0.3 is 0 Å². The number of fused-ring (bicyclic) bond motifs is 2. The third kappa shape index (κ3) is 1.78. The molecule has 4 rings (SSSR count). The van der Waals surface area contributed by atoms with Crippen LogP contribution in [0.5, 0.6) is 0 Å². The number of nitrogens with zero attached hydrogens (tertiary/aromatic N) is 1. The summed E-state index contributed by atoms with van der Waals surface area (Å²) >= 11 is -2.54. The molecule has 0 aliphatic carbocycles. The predicted molar refractivity (Wildman–Crippen MR) is 90.2 cm³/mol. The molecule has 2 aliphatic heterocycles. The van der Waals surface area contributed by atoms with Gasteiger partial charge in [-0.3, -0.25) is 0 Å². The van der Waals surface area contributed by atoms with Gasteiger partial charge in [-0.15, -0.1) is 0 Å². The van der Waals surface area contributed by atoms with Crippen molar-refractivity contribution in [3.05, 3.63) is 68.8 Å². The first-order valence-electron chi connectivity index (χ1n) is 6.98. The maximum atomic E-state index is 12.7. The molecular formula is C17H14INO3. The molecule has 4 nitrogen and oxygen atoms in total. The first-order chi connectivity index (χ1) is 10.5. The van der Waals surface area contributed by atoms with Crippen molar-refractivity contribution in [1.29, 1.82) is 0 Å². The molecule has 0 saturated heterocycles. The van der Waals surface area contributed by atoms with Crippen molar-refractivity contribution in [3.63, 3.8) is 0 Å². The van der Waals surface area contributed by atoms with Gasteiger partial charge in [0, 0.05) is 0 Å². The van der Waals surface area contributed by atoms with Gasteiger partial charge in [-0.05, 0) is 0 Å². The number of rotatable bonds is 1. The summed E-state index contributed by atoms with van der Waals surface area (Å²) in [5, 5.41) is 0. The molecule has 0 fully saturated rings. The van der Waals surface area contributed by atoms with Crippen molar-refractivity contribution >= 4 is 32.3 Å². The van der Waals surface area contributed by atoms with Crippen molar-refractivity contribution < 1.29 is 12.7 Å². The fraction of sp³-hybridized carbons (Fsp3) is 0.176. The van der Waals surface area contributed by atoms with Gasteiger partial charge in [0.15, 0.2) is 0 Å². The van der Waals surface area contributed by atoms with Gasteiger partial charge in [-0.2, -0.15) is 0 Å². The van der Waals surface area contributed by atoms with Gasteiger partial charge in [0.2, 0.25) is 0 Å². The van der Waals surface area contributed by atoms with Crippen LogP contribution in [0.25, 0.3) is 0 Å². The Hall–Kier alpha value is -1.73. The molecule has 2 amide bonds. The maximum absolute atomic E-state index is 12.7. The van der Waals surface area contributed by atoms with Crippen LogP contribution in [0.4, 0.5) is 0 Å². The summed E-state index contributed by atoms with van der Waals surface area (Å²) in [5.41, 5.74) is 1.58. The van der Waals surface area contributed by atoms with Crippen LogP contribution < -0.4 is 0 Å². The third-order valence-corrected chi connectivity index (χ3v) is 9.07. The minimum atomic E-state index is -2.54. The van der Waals surface area contributed by atoms with E-state index < -0.39 is 26.1 Å². The standard InChI is InChI=1S/C17H14INO3/c1-17(2)13-9-5-6-10-14(13)18(22-17)19-15(20)11-7-3-4-8-12(11)16(19)21/h3-10H,1-2H3. The SMILES string of the molecule is CC1(C)OI(N2C(=O)c3ccccc3C2=O)c2ccccc21. The molecule has 0 atom stereocenters. The summed E-state index contributed by atoms with van der Waals surface area (Å²) in [6, 6.07) is 14.9. The topological polar surface area (TPSA) is 46.6 Å². The zero-order chi connectivity index (χ0) is 15.5. The molecule has 2 heterocycles. The van der Waals surface area contributed by atoms with E-state index in [9.17, 15) is 9.59 Å². The molecule has 2 aromatic carbocycles. The zero-order valence-corrected chi connectivity index (χ0v) is 14.3. The van der Waals surface area contributed by atoms with E-state index in [2.05, 4.69) is 0 Å². The van der Waals surface area contributed by atoms with Crippen molar-refractivity contribution in [2.24, 2.45) is 0 Å². The number of benzene rings is 2. The summed E-state index contributed by atoms with van der Waals surface area (Å²) in [6.07, 6.45) is 0. The molecule has 112 valence electrons. The summed E-state index contributed by atoms with van der Waals surface area (Å²) in [5.74, 6) is -0.448. The number of halogens is 1. The van der Waals surface area contributed by atoms with Gasteiger partial charge in [0.1, 0.15) is 0 Å². The first-order valence-corrected chi connectivity index (χ1v) is 9.90. The quantitative estimate of drug-likeness (QED) is 0.411. The van der Waals surface area contributed by atoms with Gasteiger partial charge in [-0.25, -0.2) is 0 Å². The second kappa shape index (κ2) is 4.63. The van der Waals surface area contributed by atoms with E-state index in [4.69, 9.17) is 3.07 Å². The summed E-state index contributed by atoms with van der Waals surface area (Å²) in [7, 11) is 0. The monoisotopic (exact) mass is 407 g/mol. The van der Waals surface area contributed by atoms with Crippen LogP contribution in [-0.2, 0) is 8.67 Å². The van der Waals surface area contributed by atoms with E-state index in [0.717, 1.165) is 9.13 Å². The third-order valence-electron chi connectivity index (χ3n) is 3.86. The van der Waals surface area contributed by atoms with Crippen LogP contribution in [-0.4, -0.2) is 14.9 Å². The van der Waals surface area contributed by atoms with E-state index in [0.29, 0.717) is 11.1 Å². The molecule has 0 bridgehead atoms. The van der Waals surface area contributed by atoms with E-state index in [1.807, 2.05) is 38.1 Å². The minimum absolute atomic E-state index is 0.224. The molecule has 0 radical (unpaired) electrons. The molecule has 0 N–H and O–H groups in total. The van der Waals surface area contributed by atoms with Crippen molar-refractivity contribution in [3.8, 4) is 0 Å². The van der Waals surface area contributed by atoms with Gasteiger partial charge >= 0.3 is 136 Å². The number of carbonyl (C=O) groups excluding carboxylic acids is 2. The van der Waals surface area contributed by atoms with Gasteiger partial charge in [0.05, 0.1) is 0 Å². The summed E-state index contributed by atoms with van der Waals surface area (Å²) in [4.78, 5) is 25.4. The molecule has 0 aromatic heterocycles. The van der Waals surface area contributed by atoms with Crippen molar-refractivity contribution in [2.75, 3.05) is 0 Å². The second-order valence-corrected chi connectivity index (χ2v) is 9.62. The van der Waals surface area contributed by atoms with Gasteiger partial charge in [-0.1, -0.05) is 0 Å². The Morgan fingerprint density at radius 1 is 0.909 bits per heavy atom. The summed E-state index contributed by atoms with van der Waals surface area (Å²) in [6.45, 7) is 3.98. The predicted octanol–water partition coefficient (Wildman–Crippen LogP) is 3.75. The summed E-state index contributed by atoms with van der Waals surface area (Å²) < 4.78 is 8.64. The number of carbonyl (C=O) groups is 2. The Bertz CT molecular complexity index is 780. The van der Waals surface area contributed by atoms with Gasteiger partial charge in [0.25, 0.3) is 0 Å². The van der Waals surface area contributed by atoms with E-state index >= 15 is 0 Å². The Morgan fingerprint density at radius 3 is 2.09 bits per heavy atom. The Morgan fingerprint density at radius 2 is 1.45 bits per heavy atom. The van der Waals surface area contributed by atoms with Crippen molar-refractivity contribution in [1.82, 2.24) is 3.11 Å². The Labute approximate surface area is 136 Å². The van der Waals surface area contributed by atoms with E-state index in [1.165, 1.54) is 3.11 Å². The van der Waals surface area contributed by atoms with Crippen LogP contribution in [0.1, 0.15) is 40.1 Å². The fourth-order valence-corrected chi connectivity index (χ4v) is 8.17. The fourth-order valence-electron chi connectivity index (χ4n) is 2.78. The first kappa shape index (κ1) is 13.9. The molecule has 0 spiro atoms. The zero-order valence-electron chi connectivity index (χ0n) is 12.2. The molecule has 2 aliphatic rings. The van der Waals surface area contributed by atoms with E-state index in [-0.39, 0.29) is 11.8 Å². The molecule has 2 aromatic rings. The van der Waals surface area contributed by atoms with E-state index in [1.54, 1.807) is 24.3 Å². The second-order valence-electron chi connectivity index (χ2n) is 5.73. The molecule has 22 heavy (non-hydrogen) atoms. The van der Waals surface area contributed by atoms with Crippen molar-refractivity contribution in [2.45, 2.75) is 19.4 Å². The van der Waals surface area contributed by atoms with Crippen LogP contribution in [0.15, 0.2) is 48.5 Å². The Kier molecular flexibility index (Phi) is 2.93. The average molecular weight is 407 g/mol. The van der Waals surface area contributed by atoms with Crippen LogP contribution in [0, 0.1) is 3.57 Å². The molecular weight excluding hydrogens is 393 g/mol. The number of hydrogen-bond acceptors (Lipinski definition) is 3. The van der Waals surface area contributed by atoms with Crippen LogP contribution >= 0.6 is 20.5 Å². The normalized spacial score (nSPS) is 20.3. The average Bonchev–Trinajstić information content (AvgIpc) is 2.93.